The molecule has 0 aliphatic carbocycles. The van der Waals surface area contributed by atoms with E-state index in [0.29, 0.717) is 11.4 Å². The molecular weight excluding hydrogens is 250 g/mol. The number of nitrogens with zero attached hydrogens (tertiary/aromatic N) is 1. The number of hydrogen-bond acceptors (Lipinski definition) is 4. The zero-order valence-corrected chi connectivity index (χ0v) is 9.24. The number of aliphatic hydroxyl groups excluding tert-OH is 1. The Kier molecular flexibility index (Phi) is 4.03. The third kappa shape index (κ3) is 3.08. The molecule has 0 saturated heterocycles. The molecule has 0 atom stereocenters. The van der Waals surface area contributed by atoms with Crippen molar-refractivity contribution in [2.75, 3.05) is 0 Å². The summed E-state index contributed by atoms with van der Waals surface area (Å²) in [5.74, 6) is -0.354. The molecule has 0 fully saturated rings. The molecule has 0 aromatic carbocycles. The first kappa shape index (κ1) is 11.1. The molecule has 0 amide bonds. The first-order valence-corrected chi connectivity index (χ1v) is 4.81. The van der Waals surface area contributed by atoms with Gasteiger partial charge in [-0.2, -0.15) is 0 Å². The van der Waals surface area contributed by atoms with Gasteiger partial charge in [-0.25, -0.2) is 0 Å². The van der Waals surface area contributed by atoms with Crippen LogP contribution in [0.15, 0.2) is 16.6 Å². The SMILES string of the molecule is CC(=O)OCc1nc(CO)ccc1Br. The summed E-state index contributed by atoms with van der Waals surface area (Å²) in [7, 11) is 0. The molecule has 1 N–H and O–H groups in total. The molecule has 0 aliphatic rings. The van der Waals surface area contributed by atoms with E-state index in [2.05, 4.69) is 20.9 Å². The van der Waals surface area contributed by atoms with Crippen LogP contribution in [0.5, 0.6) is 0 Å². The minimum Gasteiger partial charge on any atom is -0.459 e. The van der Waals surface area contributed by atoms with E-state index in [9.17, 15) is 4.79 Å². The van der Waals surface area contributed by atoms with Gasteiger partial charge in [0.25, 0.3) is 0 Å². The molecule has 76 valence electrons. The maximum Gasteiger partial charge on any atom is 0.303 e. The summed E-state index contributed by atoms with van der Waals surface area (Å²) in [4.78, 5) is 14.7. The van der Waals surface area contributed by atoms with E-state index in [4.69, 9.17) is 9.84 Å². The highest BCUT2D eigenvalue weighted by Gasteiger charge is 2.04. The summed E-state index contributed by atoms with van der Waals surface area (Å²) in [6.45, 7) is 1.33. The fourth-order valence-corrected chi connectivity index (χ4v) is 1.22. The number of halogens is 1. The van der Waals surface area contributed by atoms with Crippen LogP contribution >= 0.6 is 15.9 Å². The number of esters is 1. The topological polar surface area (TPSA) is 59.4 Å². The number of carbonyl (C=O) groups excluding carboxylic acids is 1. The number of aliphatic hydroxyl groups is 1. The van der Waals surface area contributed by atoms with E-state index in [1.54, 1.807) is 12.1 Å². The van der Waals surface area contributed by atoms with Crippen molar-refractivity contribution in [2.24, 2.45) is 0 Å². The van der Waals surface area contributed by atoms with Crippen molar-refractivity contribution >= 4 is 21.9 Å². The van der Waals surface area contributed by atoms with Crippen molar-refractivity contribution in [1.29, 1.82) is 0 Å². The van der Waals surface area contributed by atoms with Gasteiger partial charge in [0.1, 0.15) is 6.61 Å². The minimum absolute atomic E-state index is 0.115. The van der Waals surface area contributed by atoms with Gasteiger partial charge in [0.15, 0.2) is 0 Å². The van der Waals surface area contributed by atoms with E-state index in [0.717, 1.165) is 4.47 Å². The second-order valence-electron chi connectivity index (χ2n) is 2.67. The highest BCUT2D eigenvalue weighted by Crippen LogP contribution is 2.16. The van der Waals surface area contributed by atoms with Crippen LogP contribution in [0.25, 0.3) is 0 Å². The van der Waals surface area contributed by atoms with Crippen LogP contribution in [0, 0.1) is 0 Å². The van der Waals surface area contributed by atoms with Gasteiger partial charge < -0.3 is 9.84 Å². The Bertz CT molecular complexity index is 341. The number of pyridine rings is 1. The van der Waals surface area contributed by atoms with Gasteiger partial charge >= 0.3 is 5.97 Å². The molecule has 0 bridgehead atoms. The van der Waals surface area contributed by atoms with Crippen LogP contribution < -0.4 is 0 Å². The van der Waals surface area contributed by atoms with Gasteiger partial charge in [-0.15, -0.1) is 0 Å². The average Bonchev–Trinajstić information content (AvgIpc) is 2.16. The standard InChI is InChI=1S/C9H10BrNO3/c1-6(13)14-5-9-8(10)3-2-7(4-12)11-9/h2-3,12H,4-5H2,1H3. The molecular formula is C9H10BrNO3. The van der Waals surface area contributed by atoms with Gasteiger partial charge in [0.05, 0.1) is 18.0 Å². The van der Waals surface area contributed by atoms with Crippen LogP contribution in [-0.4, -0.2) is 16.1 Å². The smallest absolute Gasteiger partial charge is 0.303 e. The number of ether oxygens (including phenoxy) is 1. The molecule has 5 heteroatoms. The lowest BCUT2D eigenvalue weighted by Gasteiger charge is -2.05. The summed E-state index contributed by atoms with van der Waals surface area (Å²) in [5.41, 5.74) is 1.15. The summed E-state index contributed by atoms with van der Waals surface area (Å²) in [5, 5.41) is 8.84. The minimum atomic E-state index is -0.354. The molecule has 0 unspecified atom stereocenters. The van der Waals surface area contributed by atoms with Crippen LogP contribution in [0.2, 0.25) is 0 Å². The summed E-state index contributed by atoms with van der Waals surface area (Å²) < 4.78 is 5.56. The summed E-state index contributed by atoms with van der Waals surface area (Å²) in [6.07, 6.45) is 0. The molecule has 0 radical (unpaired) electrons. The third-order valence-electron chi connectivity index (χ3n) is 1.55. The lowest BCUT2D eigenvalue weighted by molar-refractivity contribution is -0.142. The van der Waals surface area contributed by atoms with Crippen LogP contribution in [-0.2, 0) is 22.7 Å². The number of aromatic nitrogens is 1. The number of rotatable bonds is 3. The van der Waals surface area contributed by atoms with Crippen molar-refractivity contribution in [3.8, 4) is 0 Å². The molecule has 0 aliphatic heterocycles. The molecule has 0 spiro atoms. The van der Waals surface area contributed by atoms with Crippen molar-refractivity contribution in [3.63, 3.8) is 0 Å². The Labute approximate surface area is 90.0 Å². The molecule has 1 rings (SSSR count). The van der Waals surface area contributed by atoms with Crippen molar-refractivity contribution in [1.82, 2.24) is 4.98 Å². The monoisotopic (exact) mass is 259 g/mol. The Morgan fingerprint density at radius 3 is 2.93 bits per heavy atom. The molecule has 1 heterocycles. The van der Waals surface area contributed by atoms with Gasteiger partial charge in [0, 0.05) is 11.4 Å². The van der Waals surface area contributed by atoms with E-state index in [1.165, 1.54) is 6.92 Å². The Morgan fingerprint density at radius 2 is 2.36 bits per heavy atom. The van der Waals surface area contributed by atoms with Crippen LogP contribution in [0.4, 0.5) is 0 Å². The number of carbonyl (C=O) groups is 1. The lowest BCUT2D eigenvalue weighted by atomic mass is 10.3. The lowest BCUT2D eigenvalue weighted by Crippen LogP contribution is -2.03. The van der Waals surface area contributed by atoms with Gasteiger partial charge in [-0.05, 0) is 28.1 Å². The van der Waals surface area contributed by atoms with E-state index in [1.807, 2.05) is 0 Å². The van der Waals surface area contributed by atoms with Crippen molar-refractivity contribution < 1.29 is 14.6 Å². The normalized spacial score (nSPS) is 9.93. The summed E-state index contributed by atoms with van der Waals surface area (Å²) in [6, 6.07) is 3.46. The van der Waals surface area contributed by atoms with E-state index < -0.39 is 0 Å². The maximum atomic E-state index is 10.6. The average molecular weight is 260 g/mol. The molecule has 1 aromatic heterocycles. The largest absolute Gasteiger partial charge is 0.459 e. The molecule has 14 heavy (non-hydrogen) atoms. The highest BCUT2D eigenvalue weighted by atomic mass is 79.9. The van der Waals surface area contributed by atoms with Gasteiger partial charge in [0.2, 0.25) is 0 Å². The highest BCUT2D eigenvalue weighted by molar-refractivity contribution is 9.10. The van der Waals surface area contributed by atoms with Crippen LogP contribution in [0.1, 0.15) is 18.3 Å². The Hall–Kier alpha value is -0.940. The van der Waals surface area contributed by atoms with Crippen molar-refractivity contribution in [2.45, 2.75) is 20.1 Å². The summed E-state index contributed by atoms with van der Waals surface area (Å²) >= 11 is 3.27. The Balaban J connectivity index is 2.78. The number of hydrogen-bond donors (Lipinski definition) is 1. The maximum absolute atomic E-state index is 10.6. The third-order valence-corrected chi connectivity index (χ3v) is 2.27. The fraction of sp³-hybridized carbons (Fsp3) is 0.333. The van der Waals surface area contributed by atoms with Gasteiger partial charge in [-0.1, -0.05) is 0 Å². The predicted octanol–water partition coefficient (Wildman–Crippen LogP) is 1.40. The first-order chi connectivity index (χ1) is 6.63. The van der Waals surface area contributed by atoms with Crippen LogP contribution in [0.3, 0.4) is 0 Å². The molecule has 1 aromatic rings. The second kappa shape index (κ2) is 5.07. The Morgan fingerprint density at radius 1 is 1.64 bits per heavy atom. The van der Waals surface area contributed by atoms with E-state index >= 15 is 0 Å². The predicted molar refractivity (Wildman–Crippen MR) is 53.3 cm³/mol. The first-order valence-electron chi connectivity index (χ1n) is 4.02. The zero-order chi connectivity index (χ0) is 10.6. The van der Waals surface area contributed by atoms with Crippen molar-refractivity contribution in [3.05, 3.63) is 28.0 Å². The molecule has 0 saturated carbocycles. The molecule has 4 nitrogen and oxygen atoms in total. The zero-order valence-electron chi connectivity index (χ0n) is 7.66. The quantitative estimate of drug-likeness (QED) is 0.834. The van der Waals surface area contributed by atoms with E-state index in [-0.39, 0.29) is 19.2 Å². The second-order valence-corrected chi connectivity index (χ2v) is 3.52. The fourth-order valence-electron chi connectivity index (χ4n) is 0.889. The van der Waals surface area contributed by atoms with Gasteiger partial charge in [-0.3, -0.25) is 9.78 Å².